The molecule has 0 saturated carbocycles. The lowest BCUT2D eigenvalue weighted by Crippen LogP contribution is -2.23. The molecular formula is C12H16N4O2. The molecule has 0 saturated heterocycles. The van der Waals surface area contributed by atoms with Gasteiger partial charge < -0.3 is 14.3 Å². The molecule has 0 atom stereocenters. The van der Waals surface area contributed by atoms with Gasteiger partial charge >= 0.3 is 0 Å². The third kappa shape index (κ3) is 2.58. The highest BCUT2D eigenvalue weighted by Gasteiger charge is 2.06. The Kier molecular flexibility index (Phi) is 3.76. The Morgan fingerprint density at radius 3 is 2.89 bits per heavy atom. The van der Waals surface area contributed by atoms with Gasteiger partial charge in [0.15, 0.2) is 5.82 Å². The molecule has 0 radical (unpaired) electrons. The lowest BCUT2D eigenvalue weighted by Gasteiger charge is -2.05. The van der Waals surface area contributed by atoms with Gasteiger partial charge in [-0.15, -0.1) is 0 Å². The highest BCUT2D eigenvalue weighted by Crippen LogP contribution is 2.05. The summed E-state index contributed by atoms with van der Waals surface area (Å²) in [4.78, 5) is 20.0. The molecule has 0 spiro atoms. The van der Waals surface area contributed by atoms with Crippen LogP contribution in [0.15, 0.2) is 27.8 Å². The third-order valence-corrected chi connectivity index (χ3v) is 2.61. The van der Waals surface area contributed by atoms with E-state index in [2.05, 4.69) is 15.3 Å². The van der Waals surface area contributed by atoms with E-state index in [1.54, 1.807) is 23.2 Å². The third-order valence-electron chi connectivity index (χ3n) is 2.61. The van der Waals surface area contributed by atoms with Gasteiger partial charge in [-0.1, -0.05) is 6.92 Å². The summed E-state index contributed by atoms with van der Waals surface area (Å²) in [6.45, 7) is 4.88. The topological polar surface area (TPSA) is 73.0 Å². The minimum atomic E-state index is -0.137. The Morgan fingerprint density at radius 2 is 2.22 bits per heavy atom. The van der Waals surface area contributed by atoms with Crippen molar-refractivity contribution in [1.29, 1.82) is 0 Å². The van der Waals surface area contributed by atoms with Crippen LogP contribution in [0, 0.1) is 0 Å². The first-order valence-electron chi connectivity index (χ1n) is 5.97. The van der Waals surface area contributed by atoms with Crippen molar-refractivity contribution in [2.75, 3.05) is 5.32 Å². The van der Waals surface area contributed by atoms with E-state index in [0.717, 1.165) is 12.2 Å². The fourth-order valence-corrected chi connectivity index (χ4v) is 1.57. The molecule has 2 rings (SSSR count). The number of anilines is 1. The lowest BCUT2D eigenvalue weighted by molar-refractivity contribution is 0.465. The molecule has 0 aliphatic heterocycles. The van der Waals surface area contributed by atoms with E-state index in [1.165, 1.54) is 0 Å². The highest BCUT2D eigenvalue weighted by molar-refractivity contribution is 5.30. The monoisotopic (exact) mass is 248 g/mol. The van der Waals surface area contributed by atoms with Crippen molar-refractivity contribution in [2.45, 2.75) is 33.4 Å². The van der Waals surface area contributed by atoms with Gasteiger partial charge in [-0.2, -0.15) is 0 Å². The van der Waals surface area contributed by atoms with Crippen LogP contribution in [0.25, 0.3) is 0 Å². The Balaban J connectivity index is 2.08. The minimum Gasteiger partial charge on any atom is -0.444 e. The Morgan fingerprint density at radius 1 is 1.39 bits per heavy atom. The molecule has 0 fully saturated rings. The van der Waals surface area contributed by atoms with Crippen LogP contribution in [0.1, 0.15) is 25.5 Å². The van der Waals surface area contributed by atoms with E-state index in [-0.39, 0.29) is 5.56 Å². The Bertz CT molecular complexity index is 573. The van der Waals surface area contributed by atoms with Gasteiger partial charge in [0.1, 0.15) is 5.76 Å². The molecule has 6 nitrogen and oxygen atoms in total. The summed E-state index contributed by atoms with van der Waals surface area (Å²) in [7, 11) is 0. The number of aromatic nitrogens is 3. The molecule has 0 unspecified atom stereocenters. The van der Waals surface area contributed by atoms with Crippen LogP contribution in [0.2, 0.25) is 0 Å². The van der Waals surface area contributed by atoms with E-state index in [0.29, 0.717) is 24.8 Å². The van der Waals surface area contributed by atoms with Crippen molar-refractivity contribution in [1.82, 2.24) is 14.5 Å². The maximum atomic E-state index is 11.9. The number of nitrogens with zero attached hydrogens (tertiary/aromatic N) is 3. The van der Waals surface area contributed by atoms with E-state index in [9.17, 15) is 4.79 Å². The van der Waals surface area contributed by atoms with E-state index < -0.39 is 0 Å². The molecule has 1 N–H and O–H groups in total. The molecule has 2 heterocycles. The molecule has 0 aliphatic rings. The average molecular weight is 248 g/mol. The minimum absolute atomic E-state index is 0.137. The number of hydrogen-bond acceptors (Lipinski definition) is 5. The molecule has 96 valence electrons. The molecule has 0 amide bonds. The predicted molar refractivity (Wildman–Crippen MR) is 67.4 cm³/mol. The van der Waals surface area contributed by atoms with Crippen molar-refractivity contribution in [3.8, 4) is 0 Å². The van der Waals surface area contributed by atoms with Gasteiger partial charge in [0.05, 0.1) is 12.7 Å². The summed E-state index contributed by atoms with van der Waals surface area (Å²) >= 11 is 0. The highest BCUT2D eigenvalue weighted by atomic mass is 16.4. The molecular weight excluding hydrogens is 232 g/mol. The first-order chi connectivity index (χ1) is 8.74. The summed E-state index contributed by atoms with van der Waals surface area (Å²) in [5.41, 5.74) is -0.137. The van der Waals surface area contributed by atoms with Gasteiger partial charge in [-0.05, 0) is 6.92 Å². The maximum Gasteiger partial charge on any atom is 0.293 e. The fourth-order valence-electron chi connectivity index (χ4n) is 1.57. The SMILES string of the molecule is CCc1cnc(CNc2nccn(CC)c2=O)o1. The van der Waals surface area contributed by atoms with Gasteiger partial charge in [-0.25, -0.2) is 9.97 Å². The van der Waals surface area contributed by atoms with Crippen LogP contribution in [0.3, 0.4) is 0 Å². The summed E-state index contributed by atoms with van der Waals surface area (Å²) < 4.78 is 7.03. The number of oxazole rings is 1. The van der Waals surface area contributed by atoms with Crippen LogP contribution >= 0.6 is 0 Å². The first kappa shape index (κ1) is 12.3. The smallest absolute Gasteiger partial charge is 0.293 e. The first-order valence-corrected chi connectivity index (χ1v) is 5.97. The average Bonchev–Trinajstić information content (AvgIpc) is 2.85. The van der Waals surface area contributed by atoms with Crippen molar-refractivity contribution in [3.63, 3.8) is 0 Å². The van der Waals surface area contributed by atoms with Crippen LogP contribution in [0.4, 0.5) is 5.82 Å². The molecule has 2 aromatic rings. The van der Waals surface area contributed by atoms with Crippen molar-refractivity contribution < 1.29 is 4.42 Å². The largest absolute Gasteiger partial charge is 0.444 e. The zero-order valence-corrected chi connectivity index (χ0v) is 10.5. The van der Waals surface area contributed by atoms with Crippen LogP contribution in [-0.2, 0) is 19.5 Å². The number of rotatable bonds is 5. The second-order valence-electron chi connectivity index (χ2n) is 3.79. The van der Waals surface area contributed by atoms with Gasteiger partial charge in [-0.3, -0.25) is 4.79 Å². The second-order valence-corrected chi connectivity index (χ2v) is 3.79. The van der Waals surface area contributed by atoms with Crippen LogP contribution < -0.4 is 10.9 Å². The Hall–Kier alpha value is -2.11. The van der Waals surface area contributed by atoms with Gasteiger partial charge in [0.25, 0.3) is 5.56 Å². The molecule has 0 aromatic carbocycles. The molecule has 0 bridgehead atoms. The van der Waals surface area contributed by atoms with Crippen LogP contribution in [-0.4, -0.2) is 14.5 Å². The normalized spacial score (nSPS) is 10.6. The van der Waals surface area contributed by atoms with E-state index in [4.69, 9.17) is 4.42 Å². The molecule has 0 aliphatic carbocycles. The van der Waals surface area contributed by atoms with Crippen molar-refractivity contribution >= 4 is 5.82 Å². The van der Waals surface area contributed by atoms with Gasteiger partial charge in [0.2, 0.25) is 5.89 Å². The van der Waals surface area contributed by atoms with E-state index in [1.807, 2.05) is 13.8 Å². The fraction of sp³-hybridized carbons (Fsp3) is 0.417. The number of hydrogen-bond donors (Lipinski definition) is 1. The molecule has 6 heteroatoms. The Labute approximate surface area is 105 Å². The van der Waals surface area contributed by atoms with Crippen LogP contribution in [0.5, 0.6) is 0 Å². The predicted octanol–water partition coefficient (Wildman–Crippen LogP) is 1.43. The van der Waals surface area contributed by atoms with Gasteiger partial charge in [0, 0.05) is 25.4 Å². The molecule has 18 heavy (non-hydrogen) atoms. The van der Waals surface area contributed by atoms with E-state index >= 15 is 0 Å². The summed E-state index contributed by atoms with van der Waals surface area (Å²) in [6.07, 6.45) is 5.76. The maximum absolute atomic E-state index is 11.9. The standard InChI is InChI=1S/C12H16N4O2/c1-3-9-7-14-10(18-9)8-15-11-12(17)16(4-2)6-5-13-11/h5-7H,3-4,8H2,1-2H3,(H,13,15). The summed E-state index contributed by atoms with van der Waals surface area (Å²) in [5, 5.41) is 2.94. The zero-order chi connectivity index (χ0) is 13.0. The summed E-state index contributed by atoms with van der Waals surface area (Å²) in [6, 6.07) is 0. The van der Waals surface area contributed by atoms with Crippen molar-refractivity contribution in [3.05, 3.63) is 40.6 Å². The number of nitrogens with one attached hydrogen (secondary N) is 1. The summed E-state index contributed by atoms with van der Waals surface area (Å²) in [5.74, 6) is 1.70. The van der Waals surface area contributed by atoms with Crippen molar-refractivity contribution in [2.24, 2.45) is 0 Å². The quantitative estimate of drug-likeness (QED) is 0.866. The second kappa shape index (κ2) is 5.48. The zero-order valence-electron chi connectivity index (χ0n) is 10.5. The number of aryl methyl sites for hydroxylation is 2. The lowest BCUT2D eigenvalue weighted by atomic mass is 10.4. The molecule has 2 aromatic heterocycles.